The summed E-state index contributed by atoms with van der Waals surface area (Å²) in [5, 5.41) is 0.687. The number of pyridine rings is 1. The number of hydrogen-bond donors (Lipinski definition) is 3. The van der Waals surface area contributed by atoms with Crippen LogP contribution in [0.25, 0.3) is 20.9 Å². The maximum absolute atomic E-state index is 12.4. The van der Waals surface area contributed by atoms with Gasteiger partial charge in [-0.1, -0.05) is 23.5 Å². The van der Waals surface area contributed by atoms with Crippen LogP contribution in [0.4, 0.5) is 5.69 Å². The third kappa shape index (κ3) is 3.37. The Morgan fingerprint density at radius 3 is 2.74 bits per heavy atom. The fraction of sp³-hybridized carbons (Fsp3) is 0. The molecule has 0 saturated heterocycles. The van der Waals surface area contributed by atoms with E-state index in [1.807, 2.05) is 11.1 Å². The maximum atomic E-state index is 12.4. The molecule has 3 heterocycles. The van der Waals surface area contributed by atoms with Crippen LogP contribution in [0.15, 0.2) is 63.3 Å². The Morgan fingerprint density at radius 2 is 1.96 bits per heavy atom. The van der Waals surface area contributed by atoms with Crippen LogP contribution in [-0.4, -0.2) is 28.4 Å². The van der Waals surface area contributed by atoms with Crippen LogP contribution < -0.4 is 16.0 Å². The molecule has 136 valence electrons. The van der Waals surface area contributed by atoms with Gasteiger partial charge in [-0.15, -0.1) is 0 Å². The van der Waals surface area contributed by atoms with Gasteiger partial charge in [-0.25, -0.2) is 23.2 Å². The molecule has 0 aliphatic carbocycles. The highest BCUT2D eigenvalue weighted by atomic mass is 32.2. The topological polar surface area (TPSA) is 138 Å². The Balaban J connectivity index is 1.70. The summed E-state index contributed by atoms with van der Waals surface area (Å²) in [5.74, 6) is 0. The Morgan fingerprint density at radius 1 is 1.11 bits per heavy atom. The normalized spacial score (nSPS) is 11.6. The van der Waals surface area contributed by atoms with E-state index in [1.165, 1.54) is 11.3 Å². The lowest BCUT2D eigenvalue weighted by atomic mass is 10.2. The second-order valence-electron chi connectivity index (χ2n) is 5.47. The second-order valence-corrected chi connectivity index (χ2v) is 8.10. The fourth-order valence-electron chi connectivity index (χ4n) is 2.42. The zero-order chi connectivity index (χ0) is 19.0. The molecule has 0 amide bonds. The smallest absolute Gasteiger partial charge is 0.313 e. The van der Waals surface area contributed by atoms with Gasteiger partial charge >= 0.3 is 5.69 Å². The highest BCUT2D eigenvalue weighted by molar-refractivity contribution is 7.92. The lowest BCUT2D eigenvalue weighted by molar-refractivity contribution is 0.599. The van der Waals surface area contributed by atoms with E-state index >= 15 is 0 Å². The predicted molar refractivity (Wildman–Crippen MR) is 101 cm³/mol. The zero-order valence-corrected chi connectivity index (χ0v) is 15.1. The third-order valence-electron chi connectivity index (χ3n) is 3.60. The molecular formula is C16H11N5O4S2. The first-order valence-electron chi connectivity index (χ1n) is 7.59. The molecular weight excluding hydrogens is 390 g/mol. The van der Waals surface area contributed by atoms with Gasteiger partial charge in [-0.3, -0.25) is 14.5 Å². The van der Waals surface area contributed by atoms with Gasteiger partial charge in [0.2, 0.25) is 0 Å². The quantitative estimate of drug-likeness (QED) is 0.474. The number of anilines is 1. The standard InChI is InChI=1S/C16H11N5O4S2/c22-13-12(8-18-16(23)20-13)27(24,25)21-10-4-1-3-9(7-10)14-19-11-5-2-6-17-15(11)26-14/h1-8,21H,(H2,18,20,22,23). The van der Waals surface area contributed by atoms with Gasteiger partial charge in [0.1, 0.15) is 15.4 Å². The molecule has 0 saturated carbocycles. The Labute approximate surface area is 155 Å². The molecule has 3 aromatic heterocycles. The maximum Gasteiger partial charge on any atom is 0.325 e. The zero-order valence-electron chi connectivity index (χ0n) is 13.5. The number of nitrogens with zero attached hydrogens (tertiary/aromatic N) is 2. The van der Waals surface area contributed by atoms with E-state index in [0.717, 1.165) is 16.5 Å². The molecule has 0 radical (unpaired) electrons. The number of hydrogen-bond acceptors (Lipinski definition) is 7. The van der Waals surface area contributed by atoms with Crippen molar-refractivity contribution in [2.75, 3.05) is 4.72 Å². The van der Waals surface area contributed by atoms with Crippen LogP contribution in [-0.2, 0) is 10.0 Å². The van der Waals surface area contributed by atoms with Gasteiger partial charge in [-0.05, 0) is 24.3 Å². The summed E-state index contributed by atoms with van der Waals surface area (Å²) < 4.78 is 27.2. The molecule has 27 heavy (non-hydrogen) atoms. The largest absolute Gasteiger partial charge is 0.325 e. The summed E-state index contributed by atoms with van der Waals surface area (Å²) in [6.45, 7) is 0. The molecule has 0 aliphatic heterocycles. The van der Waals surface area contributed by atoms with E-state index in [0.29, 0.717) is 10.6 Å². The monoisotopic (exact) mass is 401 g/mol. The number of fused-ring (bicyclic) bond motifs is 1. The average molecular weight is 401 g/mol. The van der Waals surface area contributed by atoms with Gasteiger partial charge in [0.25, 0.3) is 15.6 Å². The third-order valence-corrected chi connectivity index (χ3v) is 6.02. The summed E-state index contributed by atoms with van der Waals surface area (Å²) in [6, 6.07) is 10.3. The summed E-state index contributed by atoms with van der Waals surface area (Å²) in [5.41, 5.74) is -0.0767. The highest BCUT2D eigenvalue weighted by Crippen LogP contribution is 2.30. The van der Waals surface area contributed by atoms with E-state index in [4.69, 9.17) is 0 Å². The minimum Gasteiger partial charge on any atom is -0.313 e. The van der Waals surface area contributed by atoms with Crippen molar-refractivity contribution in [3.63, 3.8) is 0 Å². The number of benzene rings is 1. The predicted octanol–water partition coefficient (Wildman–Crippen LogP) is 1.54. The first kappa shape index (κ1) is 17.1. The molecule has 0 bridgehead atoms. The molecule has 0 atom stereocenters. The van der Waals surface area contributed by atoms with Crippen molar-refractivity contribution in [3.05, 3.63) is 69.6 Å². The molecule has 1 aromatic carbocycles. The highest BCUT2D eigenvalue weighted by Gasteiger charge is 2.19. The van der Waals surface area contributed by atoms with Crippen LogP contribution >= 0.6 is 11.3 Å². The van der Waals surface area contributed by atoms with E-state index in [2.05, 4.69) is 19.7 Å². The summed E-state index contributed by atoms with van der Waals surface area (Å²) in [7, 11) is -4.18. The number of H-pyrrole nitrogens is 2. The van der Waals surface area contributed by atoms with Gasteiger partial charge in [0.15, 0.2) is 4.90 Å². The number of nitrogens with one attached hydrogen (secondary N) is 3. The number of thiazole rings is 1. The molecule has 4 rings (SSSR count). The number of sulfonamides is 1. The van der Waals surface area contributed by atoms with Crippen molar-refractivity contribution >= 4 is 37.4 Å². The molecule has 0 aliphatic rings. The SMILES string of the molecule is O=c1[nH]cc(S(=O)(=O)Nc2cccc(-c3nc4cccnc4s3)c2)c(=O)[nH]1. The van der Waals surface area contributed by atoms with Crippen molar-refractivity contribution in [1.82, 2.24) is 19.9 Å². The Kier molecular flexibility index (Phi) is 4.09. The van der Waals surface area contributed by atoms with Gasteiger partial charge < -0.3 is 4.98 Å². The Hall–Kier alpha value is -3.31. The van der Waals surface area contributed by atoms with E-state index < -0.39 is 26.2 Å². The van der Waals surface area contributed by atoms with Crippen molar-refractivity contribution in [1.29, 1.82) is 0 Å². The Bertz CT molecular complexity index is 1340. The summed E-state index contributed by atoms with van der Waals surface area (Å²) in [6.07, 6.45) is 2.53. The summed E-state index contributed by atoms with van der Waals surface area (Å²) >= 11 is 1.38. The average Bonchev–Trinajstić information content (AvgIpc) is 3.05. The van der Waals surface area contributed by atoms with Crippen LogP contribution in [0.5, 0.6) is 0 Å². The van der Waals surface area contributed by atoms with E-state index in [1.54, 1.807) is 36.5 Å². The molecule has 11 heteroatoms. The van der Waals surface area contributed by atoms with Crippen molar-refractivity contribution in [2.24, 2.45) is 0 Å². The lowest BCUT2D eigenvalue weighted by Gasteiger charge is -2.08. The van der Waals surface area contributed by atoms with Gasteiger partial charge in [0, 0.05) is 23.6 Å². The summed E-state index contributed by atoms with van der Waals surface area (Å²) in [4.78, 5) is 35.8. The van der Waals surface area contributed by atoms with Gasteiger partial charge in [0.05, 0.1) is 0 Å². The molecule has 0 fully saturated rings. The lowest BCUT2D eigenvalue weighted by Crippen LogP contribution is -2.29. The van der Waals surface area contributed by atoms with Gasteiger partial charge in [-0.2, -0.15) is 0 Å². The number of aromatic nitrogens is 4. The van der Waals surface area contributed by atoms with Crippen LogP contribution in [0.3, 0.4) is 0 Å². The van der Waals surface area contributed by atoms with E-state index in [-0.39, 0.29) is 5.69 Å². The molecule has 9 nitrogen and oxygen atoms in total. The van der Waals surface area contributed by atoms with Crippen LogP contribution in [0, 0.1) is 0 Å². The number of rotatable bonds is 4. The first-order chi connectivity index (χ1) is 12.9. The molecule has 3 N–H and O–H groups in total. The van der Waals surface area contributed by atoms with Crippen molar-refractivity contribution in [3.8, 4) is 10.6 Å². The van der Waals surface area contributed by atoms with Crippen LogP contribution in [0.2, 0.25) is 0 Å². The molecule has 4 aromatic rings. The molecule has 0 spiro atoms. The van der Waals surface area contributed by atoms with Crippen molar-refractivity contribution < 1.29 is 8.42 Å². The van der Waals surface area contributed by atoms with Crippen molar-refractivity contribution in [2.45, 2.75) is 4.90 Å². The minimum atomic E-state index is -4.18. The minimum absolute atomic E-state index is 0.255. The van der Waals surface area contributed by atoms with Crippen LogP contribution in [0.1, 0.15) is 0 Å². The molecule has 0 unspecified atom stereocenters. The number of aromatic amines is 2. The second kappa shape index (κ2) is 6.45. The first-order valence-corrected chi connectivity index (χ1v) is 9.89. The van der Waals surface area contributed by atoms with E-state index in [9.17, 15) is 18.0 Å². The fourth-order valence-corrected chi connectivity index (χ4v) is 4.38.